The Bertz CT molecular complexity index is 263. The second-order valence-electron chi connectivity index (χ2n) is 3.96. The van der Waals surface area contributed by atoms with Crippen LogP contribution in [0.3, 0.4) is 0 Å². The van der Waals surface area contributed by atoms with E-state index in [1.165, 1.54) is 19.3 Å². The van der Waals surface area contributed by atoms with Gasteiger partial charge >= 0.3 is 0 Å². The average Bonchev–Trinajstić information content (AvgIpc) is 2.19. The van der Waals surface area contributed by atoms with E-state index < -0.39 is 9.92 Å². The summed E-state index contributed by atoms with van der Waals surface area (Å²) in [6.45, 7) is 4.81. The lowest BCUT2D eigenvalue weighted by molar-refractivity contribution is 0.363. The number of unbranched alkanes of at least 4 members (excludes halogenated alkanes) is 1. The summed E-state index contributed by atoms with van der Waals surface area (Å²) >= 11 is 0. The van der Waals surface area contributed by atoms with Gasteiger partial charge in [-0.05, 0) is 19.3 Å². The largest absolute Gasteiger partial charge is 0.234 e. The molecule has 3 nitrogen and oxygen atoms in total. The van der Waals surface area contributed by atoms with Gasteiger partial charge in [0.1, 0.15) is 9.92 Å². The summed E-state index contributed by atoms with van der Waals surface area (Å²) in [6.07, 6.45) is 7.59. The first-order valence-corrected chi connectivity index (χ1v) is 7.48. The summed E-state index contributed by atoms with van der Waals surface area (Å²) in [4.78, 5) is 0. The molecule has 1 aliphatic heterocycles. The fraction of sp³-hybridized carbons (Fsp3) is 1.00. The lowest BCUT2D eigenvalue weighted by Crippen LogP contribution is -2.34. The van der Waals surface area contributed by atoms with Crippen LogP contribution in [0.1, 0.15) is 39.0 Å². The van der Waals surface area contributed by atoms with Crippen LogP contribution in [0, 0.1) is 0 Å². The summed E-state index contributed by atoms with van der Waals surface area (Å²) in [7, 11) is -2.05. The van der Waals surface area contributed by atoms with Crippen LogP contribution in [0.5, 0.6) is 0 Å². The number of hydrogen-bond donors (Lipinski definition) is 0. The van der Waals surface area contributed by atoms with Gasteiger partial charge in [-0.1, -0.05) is 19.8 Å². The molecule has 0 saturated carbocycles. The third-order valence-electron chi connectivity index (χ3n) is 2.64. The standard InChI is InChI=1S/C10H22N2OS/c1-3-4-8-11-14(2,13)12-9-6-5-7-10-12/h3-10H2,1-2H3. The second kappa shape index (κ2) is 5.71. The highest BCUT2D eigenvalue weighted by Crippen LogP contribution is 2.13. The summed E-state index contributed by atoms with van der Waals surface area (Å²) in [5.74, 6) is 0. The van der Waals surface area contributed by atoms with Crippen molar-refractivity contribution in [1.82, 2.24) is 4.31 Å². The Labute approximate surface area is 88.2 Å². The molecular formula is C10H22N2OS. The second-order valence-corrected chi connectivity index (χ2v) is 6.26. The average molecular weight is 218 g/mol. The van der Waals surface area contributed by atoms with Crippen LogP contribution < -0.4 is 0 Å². The van der Waals surface area contributed by atoms with E-state index in [2.05, 4.69) is 15.6 Å². The van der Waals surface area contributed by atoms with E-state index in [4.69, 9.17) is 0 Å². The van der Waals surface area contributed by atoms with E-state index >= 15 is 0 Å². The molecule has 14 heavy (non-hydrogen) atoms. The highest BCUT2D eigenvalue weighted by Gasteiger charge is 2.17. The zero-order valence-electron chi connectivity index (χ0n) is 9.37. The van der Waals surface area contributed by atoms with Gasteiger partial charge in [-0.15, -0.1) is 0 Å². The SMILES string of the molecule is CCCCN=S(C)(=O)N1CCCCC1. The normalized spacial score (nSPS) is 23.0. The Kier molecular flexibility index (Phi) is 4.89. The van der Waals surface area contributed by atoms with E-state index in [9.17, 15) is 4.21 Å². The molecule has 1 atom stereocenters. The Morgan fingerprint density at radius 1 is 1.29 bits per heavy atom. The molecule has 0 aromatic carbocycles. The van der Waals surface area contributed by atoms with E-state index in [-0.39, 0.29) is 0 Å². The van der Waals surface area contributed by atoms with Gasteiger partial charge in [0.25, 0.3) is 0 Å². The van der Waals surface area contributed by atoms with E-state index in [0.717, 1.165) is 32.5 Å². The summed E-state index contributed by atoms with van der Waals surface area (Å²) in [5.41, 5.74) is 0. The van der Waals surface area contributed by atoms with E-state index in [1.54, 1.807) is 6.26 Å². The van der Waals surface area contributed by atoms with Crippen molar-refractivity contribution in [3.05, 3.63) is 0 Å². The van der Waals surface area contributed by atoms with Crippen LogP contribution in [0.4, 0.5) is 0 Å². The lowest BCUT2D eigenvalue weighted by atomic mass is 10.2. The Morgan fingerprint density at radius 2 is 1.93 bits per heavy atom. The summed E-state index contributed by atoms with van der Waals surface area (Å²) in [6, 6.07) is 0. The molecule has 84 valence electrons. The topological polar surface area (TPSA) is 32.7 Å². The molecule has 1 fully saturated rings. The van der Waals surface area contributed by atoms with E-state index in [0.29, 0.717) is 0 Å². The Hall–Kier alpha value is -0.0900. The van der Waals surface area contributed by atoms with Crippen molar-refractivity contribution in [2.45, 2.75) is 39.0 Å². The molecule has 0 spiro atoms. The molecule has 1 unspecified atom stereocenters. The van der Waals surface area contributed by atoms with Gasteiger partial charge in [0.2, 0.25) is 0 Å². The van der Waals surface area contributed by atoms with Gasteiger partial charge in [-0.3, -0.25) is 0 Å². The van der Waals surface area contributed by atoms with Crippen LogP contribution in [-0.2, 0) is 9.92 Å². The zero-order valence-corrected chi connectivity index (χ0v) is 10.2. The highest BCUT2D eigenvalue weighted by atomic mass is 32.2. The molecule has 1 rings (SSSR count). The fourth-order valence-corrected chi connectivity index (χ4v) is 3.24. The summed E-state index contributed by atoms with van der Waals surface area (Å²) in [5, 5.41) is 0. The van der Waals surface area contributed by atoms with Gasteiger partial charge < -0.3 is 0 Å². The molecule has 0 aromatic rings. The minimum Gasteiger partial charge on any atom is -0.234 e. The number of piperidine rings is 1. The smallest absolute Gasteiger partial charge is 0.107 e. The molecule has 1 aliphatic rings. The fourth-order valence-electron chi connectivity index (χ4n) is 1.68. The van der Waals surface area contributed by atoms with Gasteiger partial charge in [-0.2, -0.15) is 0 Å². The van der Waals surface area contributed by atoms with Crippen molar-refractivity contribution in [3.8, 4) is 0 Å². The molecule has 0 radical (unpaired) electrons. The third kappa shape index (κ3) is 3.58. The zero-order chi connectivity index (χ0) is 10.4. The molecule has 4 heteroatoms. The van der Waals surface area contributed by atoms with Crippen LogP contribution in [0.15, 0.2) is 4.36 Å². The maximum atomic E-state index is 12.2. The quantitative estimate of drug-likeness (QED) is 0.666. The van der Waals surface area contributed by atoms with E-state index in [1.807, 2.05) is 0 Å². The molecule has 0 aliphatic carbocycles. The van der Waals surface area contributed by atoms with Crippen LogP contribution in [0.2, 0.25) is 0 Å². The van der Waals surface area contributed by atoms with Crippen molar-refractivity contribution < 1.29 is 4.21 Å². The molecule has 1 saturated heterocycles. The van der Waals surface area contributed by atoms with Crippen molar-refractivity contribution in [2.24, 2.45) is 4.36 Å². The number of rotatable bonds is 4. The van der Waals surface area contributed by atoms with Crippen LogP contribution >= 0.6 is 0 Å². The van der Waals surface area contributed by atoms with Gasteiger partial charge in [0, 0.05) is 25.9 Å². The molecule has 0 aromatic heterocycles. The highest BCUT2D eigenvalue weighted by molar-refractivity contribution is 7.90. The van der Waals surface area contributed by atoms with Crippen LogP contribution in [0.25, 0.3) is 0 Å². The predicted octanol–water partition coefficient (Wildman–Crippen LogP) is 2.29. The lowest BCUT2D eigenvalue weighted by Gasteiger charge is -2.27. The van der Waals surface area contributed by atoms with Crippen molar-refractivity contribution in [2.75, 3.05) is 25.9 Å². The predicted molar refractivity (Wildman–Crippen MR) is 61.7 cm³/mol. The number of nitrogens with zero attached hydrogens (tertiary/aromatic N) is 2. The molecule has 1 heterocycles. The third-order valence-corrected chi connectivity index (χ3v) is 4.62. The molecular weight excluding hydrogens is 196 g/mol. The Morgan fingerprint density at radius 3 is 2.50 bits per heavy atom. The molecule has 0 amide bonds. The molecule has 0 N–H and O–H groups in total. The first kappa shape index (κ1) is 12.0. The van der Waals surface area contributed by atoms with Crippen molar-refractivity contribution >= 4 is 9.92 Å². The van der Waals surface area contributed by atoms with Gasteiger partial charge in [-0.25, -0.2) is 12.9 Å². The maximum absolute atomic E-state index is 12.2. The molecule has 0 bridgehead atoms. The minimum atomic E-state index is -2.05. The minimum absolute atomic E-state index is 0.752. The van der Waals surface area contributed by atoms with Crippen molar-refractivity contribution in [3.63, 3.8) is 0 Å². The van der Waals surface area contributed by atoms with Gasteiger partial charge in [0.05, 0.1) is 0 Å². The monoisotopic (exact) mass is 218 g/mol. The Balaban J connectivity index is 2.53. The first-order chi connectivity index (χ1) is 6.67. The maximum Gasteiger partial charge on any atom is 0.107 e. The van der Waals surface area contributed by atoms with Crippen molar-refractivity contribution in [1.29, 1.82) is 0 Å². The van der Waals surface area contributed by atoms with Gasteiger partial charge in [0.15, 0.2) is 0 Å². The van der Waals surface area contributed by atoms with Crippen LogP contribution in [-0.4, -0.2) is 34.4 Å². The number of hydrogen-bond acceptors (Lipinski definition) is 2. The summed E-state index contributed by atoms with van der Waals surface area (Å²) < 4.78 is 18.6. The first-order valence-electron chi connectivity index (χ1n) is 5.60.